The van der Waals surface area contributed by atoms with E-state index in [2.05, 4.69) is 31.2 Å². The molecule has 1 aromatic heterocycles. The summed E-state index contributed by atoms with van der Waals surface area (Å²) in [5.41, 5.74) is 3.09. The molecule has 1 aliphatic carbocycles. The number of nitrogen functional groups attached to an aromatic ring is 1. The van der Waals surface area contributed by atoms with E-state index in [0.717, 1.165) is 23.9 Å². The molecule has 6 heteroatoms. The van der Waals surface area contributed by atoms with E-state index in [1.807, 2.05) is 0 Å². The number of aromatic nitrogens is 1. The number of fused-ring (bicyclic) bond motifs is 1. The molecule has 1 saturated carbocycles. The van der Waals surface area contributed by atoms with Gasteiger partial charge in [0.15, 0.2) is 5.82 Å². The number of nitrogens with zero attached hydrogens (tertiary/aromatic N) is 2. The fourth-order valence-corrected chi connectivity index (χ4v) is 4.08. The molecule has 2 fully saturated rings. The van der Waals surface area contributed by atoms with Crippen molar-refractivity contribution >= 4 is 27.7 Å². The number of likely N-dealkylation sites (tertiary alicyclic amines) is 1. The Morgan fingerprint density at radius 2 is 2.10 bits per heavy atom. The Kier molecular flexibility index (Phi) is 4.45. The Morgan fingerprint density at radius 3 is 2.90 bits per heavy atom. The van der Waals surface area contributed by atoms with E-state index >= 15 is 0 Å². The van der Waals surface area contributed by atoms with Crippen molar-refractivity contribution in [3.8, 4) is 0 Å². The van der Waals surface area contributed by atoms with Gasteiger partial charge in [-0.15, -0.1) is 0 Å². The van der Waals surface area contributed by atoms with E-state index in [9.17, 15) is 4.79 Å². The fourth-order valence-electron chi connectivity index (χ4n) is 3.75. The Labute approximate surface area is 133 Å². The molecule has 1 amide bonds. The van der Waals surface area contributed by atoms with Crippen LogP contribution >= 0.6 is 15.9 Å². The highest BCUT2D eigenvalue weighted by molar-refractivity contribution is 9.10. The van der Waals surface area contributed by atoms with Gasteiger partial charge in [0.25, 0.3) is 5.91 Å². The van der Waals surface area contributed by atoms with Crippen molar-refractivity contribution in [2.75, 3.05) is 12.0 Å². The lowest BCUT2D eigenvalue weighted by atomic mass is 9.78. The molecule has 114 valence electrons. The maximum Gasteiger partial charge on any atom is 0.257 e. The highest BCUT2D eigenvalue weighted by Crippen LogP contribution is 2.36. The number of piperidine rings is 1. The van der Waals surface area contributed by atoms with E-state index < -0.39 is 0 Å². The van der Waals surface area contributed by atoms with Gasteiger partial charge in [-0.1, -0.05) is 12.8 Å². The molecule has 5 nitrogen and oxygen atoms in total. The predicted octanol–water partition coefficient (Wildman–Crippen LogP) is 2.92. The number of hydrogen-bond donors (Lipinski definition) is 2. The van der Waals surface area contributed by atoms with Crippen LogP contribution in [0.3, 0.4) is 0 Å². The zero-order valence-electron chi connectivity index (χ0n) is 12.0. The quantitative estimate of drug-likeness (QED) is 0.634. The number of carbonyl (C=O) groups excluding carboxylic acids is 1. The maximum atomic E-state index is 13.0. The van der Waals surface area contributed by atoms with Gasteiger partial charge in [-0.3, -0.25) is 4.79 Å². The Hall–Kier alpha value is -1.14. The van der Waals surface area contributed by atoms with Crippen LogP contribution in [-0.2, 0) is 0 Å². The van der Waals surface area contributed by atoms with Gasteiger partial charge in [0.1, 0.15) is 0 Å². The second kappa shape index (κ2) is 6.32. The first-order valence-corrected chi connectivity index (χ1v) is 8.43. The highest BCUT2D eigenvalue weighted by atomic mass is 79.9. The summed E-state index contributed by atoms with van der Waals surface area (Å²) >= 11 is 3.38. The number of carbonyl (C=O) groups is 1. The average Bonchev–Trinajstić information content (AvgIpc) is 2.53. The van der Waals surface area contributed by atoms with Crippen molar-refractivity contribution in [2.45, 2.75) is 44.6 Å². The zero-order chi connectivity index (χ0) is 14.8. The number of nitrogens with two attached hydrogens (primary N) is 1. The smallest absolute Gasteiger partial charge is 0.257 e. The highest BCUT2D eigenvalue weighted by Gasteiger charge is 2.36. The monoisotopic (exact) mass is 352 g/mol. The summed E-state index contributed by atoms with van der Waals surface area (Å²) < 4.78 is 0.794. The summed E-state index contributed by atoms with van der Waals surface area (Å²) in [6.07, 6.45) is 8.91. The minimum atomic E-state index is 0.0494. The average molecular weight is 353 g/mol. The first-order valence-electron chi connectivity index (χ1n) is 7.64. The number of amides is 1. The van der Waals surface area contributed by atoms with Gasteiger partial charge in [-0.05, 0) is 53.6 Å². The SMILES string of the molecule is NNc1ncc(Br)cc1C(=O)N1CCCC2CCCCC21. The van der Waals surface area contributed by atoms with Crippen molar-refractivity contribution in [3.63, 3.8) is 0 Å². The molecule has 0 radical (unpaired) electrons. The van der Waals surface area contributed by atoms with E-state index in [-0.39, 0.29) is 5.91 Å². The van der Waals surface area contributed by atoms with Crippen molar-refractivity contribution < 1.29 is 4.79 Å². The molecule has 2 atom stereocenters. The molecule has 3 N–H and O–H groups in total. The van der Waals surface area contributed by atoms with E-state index in [4.69, 9.17) is 5.84 Å². The van der Waals surface area contributed by atoms with Gasteiger partial charge in [0.05, 0.1) is 5.56 Å². The maximum absolute atomic E-state index is 13.0. The van der Waals surface area contributed by atoms with Gasteiger partial charge in [-0.25, -0.2) is 10.8 Å². The third-order valence-electron chi connectivity index (χ3n) is 4.73. The summed E-state index contributed by atoms with van der Waals surface area (Å²) in [4.78, 5) is 19.2. The number of hydrogen-bond acceptors (Lipinski definition) is 4. The minimum absolute atomic E-state index is 0.0494. The van der Waals surface area contributed by atoms with Crippen LogP contribution in [-0.4, -0.2) is 28.4 Å². The van der Waals surface area contributed by atoms with Gasteiger partial charge in [-0.2, -0.15) is 0 Å². The zero-order valence-corrected chi connectivity index (χ0v) is 13.6. The molecule has 3 rings (SSSR count). The van der Waals surface area contributed by atoms with Crippen LogP contribution in [0, 0.1) is 5.92 Å². The first-order chi connectivity index (χ1) is 10.2. The second-order valence-corrected chi connectivity index (χ2v) is 6.86. The molecule has 2 aliphatic rings. The molecule has 0 aromatic carbocycles. The molecule has 2 heterocycles. The van der Waals surface area contributed by atoms with Gasteiger partial charge in [0, 0.05) is 23.3 Å². The summed E-state index contributed by atoms with van der Waals surface area (Å²) in [5, 5.41) is 0. The van der Waals surface area contributed by atoms with Crippen molar-refractivity contribution in [1.29, 1.82) is 0 Å². The van der Waals surface area contributed by atoms with E-state index in [1.54, 1.807) is 12.3 Å². The summed E-state index contributed by atoms with van der Waals surface area (Å²) in [6, 6.07) is 2.20. The van der Waals surface area contributed by atoms with Crippen LogP contribution in [0.4, 0.5) is 5.82 Å². The normalized spacial score (nSPS) is 25.3. The largest absolute Gasteiger partial charge is 0.335 e. The topological polar surface area (TPSA) is 71.2 Å². The molecule has 1 saturated heterocycles. The third kappa shape index (κ3) is 2.92. The summed E-state index contributed by atoms with van der Waals surface area (Å²) in [6.45, 7) is 0.844. The van der Waals surface area contributed by atoms with Crippen LogP contribution in [0.15, 0.2) is 16.7 Å². The molecular weight excluding hydrogens is 332 g/mol. The van der Waals surface area contributed by atoms with Crippen molar-refractivity contribution in [2.24, 2.45) is 11.8 Å². The van der Waals surface area contributed by atoms with Crippen LogP contribution in [0.5, 0.6) is 0 Å². The lowest BCUT2D eigenvalue weighted by Gasteiger charge is -2.44. The Bertz CT molecular complexity index is 534. The second-order valence-electron chi connectivity index (χ2n) is 5.95. The van der Waals surface area contributed by atoms with Gasteiger partial charge < -0.3 is 10.3 Å². The van der Waals surface area contributed by atoms with Crippen LogP contribution < -0.4 is 11.3 Å². The number of hydrazine groups is 1. The molecule has 2 unspecified atom stereocenters. The molecule has 0 bridgehead atoms. The molecule has 1 aromatic rings. The molecule has 0 spiro atoms. The van der Waals surface area contributed by atoms with Gasteiger partial charge in [0.2, 0.25) is 0 Å². The summed E-state index contributed by atoms with van der Waals surface area (Å²) in [7, 11) is 0. The van der Waals surface area contributed by atoms with Gasteiger partial charge >= 0.3 is 0 Å². The predicted molar refractivity (Wildman–Crippen MR) is 85.8 cm³/mol. The minimum Gasteiger partial charge on any atom is -0.335 e. The number of anilines is 1. The number of pyridine rings is 1. The van der Waals surface area contributed by atoms with Crippen LogP contribution in [0.1, 0.15) is 48.9 Å². The Balaban J connectivity index is 1.88. The molecular formula is C15H21BrN4O. The molecule has 1 aliphatic heterocycles. The van der Waals surface area contributed by atoms with E-state index in [1.165, 1.54) is 25.7 Å². The Morgan fingerprint density at radius 1 is 1.33 bits per heavy atom. The van der Waals surface area contributed by atoms with Crippen LogP contribution in [0.2, 0.25) is 0 Å². The standard InChI is InChI=1S/C15H21BrN4O/c16-11-8-12(14(19-17)18-9-11)15(21)20-7-3-5-10-4-1-2-6-13(10)20/h8-10,13H,1-7,17H2,(H,18,19). The molecule has 21 heavy (non-hydrogen) atoms. The van der Waals surface area contributed by atoms with Crippen molar-refractivity contribution in [3.05, 3.63) is 22.3 Å². The van der Waals surface area contributed by atoms with Crippen molar-refractivity contribution in [1.82, 2.24) is 9.88 Å². The fraction of sp³-hybridized carbons (Fsp3) is 0.600. The number of rotatable bonds is 2. The lowest BCUT2D eigenvalue weighted by Crippen LogP contribution is -2.49. The number of nitrogens with one attached hydrogen (secondary N) is 1. The first kappa shape index (κ1) is 14.8. The van der Waals surface area contributed by atoms with Crippen LogP contribution in [0.25, 0.3) is 0 Å². The lowest BCUT2D eigenvalue weighted by molar-refractivity contribution is 0.0391. The third-order valence-corrected chi connectivity index (χ3v) is 5.16. The van der Waals surface area contributed by atoms with E-state index in [0.29, 0.717) is 23.3 Å². The summed E-state index contributed by atoms with van der Waals surface area (Å²) in [5.74, 6) is 6.67. The number of halogens is 1.